The van der Waals surface area contributed by atoms with Crippen LogP contribution in [0.5, 0.6) is 0 Å². The fourth-order valence-corrected chi connectivity index (χ4v) is 7.64. The molecule has 0 fully saturated rings. The molecule has 0 radical (unpaired) electrons. The van der Waals surface area contributed by atoms with Crippen molar-refractivity contribution >= 4 is 14.3 Å². The first-order valence-electron chi connectivity index (χ1n) is 6.42. The van der Waals surface area contributed by atoms with Gasteiger partial charge in [0.1, 0.15) is 0 Å². The van der Waals surface area contributed by atoms with Gasteiger partial charge in [-0.15, -0.1) is 0 Å². The Hall–Kier alpha value is -0.573. The van der Waals surface area contributed by atoms with Crippen LogP contribution in [0.1, 0.15) is 48.5 Å². The Morgan fingerprint density at radius 2 is 1.76 bits per heavy atom. The first-order valence-corrected chi connectivity index (χ1v) is 8.61. The molecule has 3 heteroatoms. The van der Waals surface area contributed by atoms with Gasteiger partial charge in [0.15, 0.2) is 0 Å². The molecule has 17 heavy (non-hydrogen) atoms. The second-order valence-corrected chi connectivity index (χ2v) is 11.6. The first kappa shape index (κ1) is 16.4. The highest BCUT2D eigenvalue weighted by atomic mass is 28.4. The molecule has 0 aromatic heterocycles. The number of carbonyl (C=O) groups is 1. The van der Waals surface area contributed by atoms with Gasteiger partial charge in [0.05, 0.1) is 0 Å². The molecule has 0 bridgehead atoms. The summed E-state index contributed by atoms with van der Waals surface area (Å²) in [7, 11) is -2.14. The van der Waals surface area contributed by atoms with Crippen LogP contribution in [0.15, 0.2) is 12.7 Å². The number of hydrogen-bond acceptors (Lipinski definition) is 2. The minimum absolute atomic E-state index is 0.0457. The molecule has 0 N–H and O–H groups in total. The van der Waals surface area contributed by atoms with Gasteiger partial charge in [0.25, 0.3) is 8.32 Å². The smallest absolute Gasteiger partial charge is 0.316 e. The fraction of sp³-hybridized carbons (Fsp3) is 0.786. The fourth-order valence-electron chi connectivity index (χ4n) is 2.55. The molecule has 0 rings (SSSR count). The van der Waals surface area contributed by atoms with Gasteiger partial charge in [-0.3, -0.25) is 0 Å². The van der Waals surface area contributed by atoms with Crippen LogP contribution in [0.2, 0.25) is 16.6 Å². The summed E-state index contributed by atoms with van der Waals surface area (Å²) in [4.78, 5) is 11.7. The maximum Gasteiger partial charge on any atom is 0.316 e. The van der Waals surface area contributed by atoms with Gasteiger partial charge >= 0.3 is 5.97 Å². The molecule has 0 saturated carbocycles. The van der Waals surface area contributed by atoms with E-state index >= 15 is 0 Å². The van der Waals surface area contributed by atoms with E-state index in [1.807, 2.05) is 0 Å². The van der Waals surface area contributed by atoms with Crippen LogP contribution in [0.3, 0.4) is 0 Å². The summed E-state index contributed by atoms with van der Waals surface area (Å²) in [6, 6.07) is 1.01. The molecule has 100 valence electrons. The molecule has 0 aliphatic carbocycles. The van der Waals surface area contributed by atoms with E-state index in [0.29, 0.717) is 11.5 Å². The van der Waals surface area contributed by atoms with Crippen LogP contribution in [0.4, 0.5) is 0 Å². The Morgan fingerprint density at radius 3 is 2.00 bits per heavy atom. The van der Waals surface area contributed by atoms with Crippen molar-refractivity contribution < 1.29 is 9.22 Å². The van der Waals surface area contributed by atoms with Crippen molar-refractivity contribution in [1.82, 2.24) is 0 Å². The third-order valence-corrected chi connectivity index (χ3v) is 9.76. The van der Waals surface area contributed by atoms with E-state index in [0.717, 1.165) is 6.04 Å². The van der Waals surface area contributed by atoms with Crippen molar-refractivity contribution in [1.29, 1.82) is 0 Å². The Bertz CT molecular complexity index is 276. The number of carbonyl (C=O) groups excluding carboxylic acids is 1. The Morgan fingerprint density at radius 1 is 1.29 bits per heavy atom. The summed E-state index contributed by atoms with van der Waals surface area (Å²) in [6.07, 6.45) is 1.29. The molecule has 0 aliphatic rings. The van der Waals surface area contributed by atoms with E-state index in [2.05, 4.69) is 55.0 Å². The van der Waals surface area contributed by atoms with E-state index in [1.165, 1.54) is 6.08 Å². The Balaban J connectivity index is 5.40. The van der Waals surface area contributed by atoms with Gasteiger partial charge in [-0.1, -0.05) is 55.0 Å². The van der Waals surface area contributed by atoms with Crippen LogP contribution in [0.25, 0.3) is 0 Å². The molecule has 0 heterocycles. The zero-order chi connectivity index (χ0) is 13.9. The SMILES string of the molecule is C=CC(=O)O[Si](CC(C)C)(C(C)C)C(C)(C)C. The second kappa shape index (κ2) is 5.85. The van der Waals surface area contributed by atoms with Crippen molar-refractivity contribution in [2.75, 3.05) is 0 Å². The monoisotopic (exact) mass is 256 g/mol. The van der Waals surface area contributed by atoms with E-state index < -0.39 is 8.32 Å². The van der Waals surface area contributed by atoms with Crippen molar-refractivity contribution in [3.63, 3.8) is 0 Å². The maximum atomic E-state index is 11.7. The Kier molecular flexibility index (Phi) is 5.65. The highest BCUT2D eigenvalue weighted by molar-refractivity contribution is 6.79. The average molecular weight is 256 g/mol. The lowest BCUT2D eigenvalue weighted by atomic mass is 10.2. The zero-order valence-corrected chi connectivity index (χ0v) is 13.5. The molecule has 0 aromatic rings. The molecule has 0 aliphatic heterocycles. The van der Waals surface area contributed by atoms with Crippen LogP contribution < -0.4 is 0 Å². The number of rotatable bonds is 5. The topological polar surface area (TPSA) is 26.3 Å². The van der Waals surface area contributed by atoms with E-state index in [-0.39, 0.29) is 11.0 Å². The summed E-state index contributed by atoms with van der Waals surface area (Å²) >= 11 is 0. The van der Waals surface area contributed by atoms with Crippen molar-refractivity contribution in [3.05, 3.63) is 12.7 Å². The van der Waals surface area contributed by atoms with Gasteiger partial charge in [-0.05, 0) is 22.5 Å². The normalized spacial score (nSPS) is 15.8. The molecule has 0 saturated heterocycles. The minimum atomic E-state index is -2.14. The van der Waals surface area contributed by atoms with Gasteiger partial charge in [0.2, 0.25) is 0 Å². The van der Waals surface area contributed by atoms with Crippen molar-refractivity contribution in [2.24, 2.45) is 5.92 Å². The van der Waals surface area contributed by atoms with Gasteiger partial charge in [-0.25, -0.2) is 4.79 Å². The molecule has 0 aromatic carbocycles. The lowest BCUT2D eigenvalue weighted by molar-refractivity contribution is -0.130. The summed E-state index contributed by atoms with van der Waals surface area (Å²) in [5.74, 6) is 0.279. The third kappa shape index (κ3) is 3.98. The lowest BCUT2D eigenvalue weighted by Gasteiger charge is -2.45. The van der Waals surface area contributed by atoms with E-state index in [4.69, 9.17) is 4.43 Å². The largest absolute Gasteiger partial charge is 0.515 e. The van der Waals surface area contributed by atoms with Crippen LogP contribution in [-0.2, 0) is 9.22 Å². The van der Waals surface area contributed by atoms with Crippen LogP contribution in [0, 0.1) is 5.92 Å². The van der Waals surface area contributed by atoms with E-state index in [1.54, 1.807) is 0 Å². The first-order chi connectivity index (χ1) is 7.56. The molecule has 2 nitrogen and oxygen atoms in total. The lowest BCUT2D eigenvalue weighted by Crippen LogP contribution is -2.52. The highest BCUT2D eigenvalue weighted by Crippen LogP contribution is 2.48. The average Bonchev–Trinajstić information content (AvgIpc) is 2.13. The molecule has 0 amide bonds. The predicted octanol–water partition coefficient (Wildman–Crippen LogP) is 4.53. The molecular formula is C14H28O2Si. The van der Waals surface area contributed by atoms with Crippen molar-refractivity contribution in [3.8, 4) is 0 Å². The summed E-state index contributed by atoms with van der Waals surface area (Å²) < 4.78 is 5.91. The molecule has 1 unspecified atom stereocenters. The van der Waals surface area contributed by atoms with Crippen LogP contribution >= 0.6 is 0 Å². The number of hydrogen-bond donors (Lipinski definition) is 0. The molecule has 0 spiro atoms. The Labute approximate surface area is 108 Å². The van der Waals surface area contributed by atoms with E-state index in [9.17, 15) is 4.79 Å². The zero-order valence-electron chi connectivity index (χ0n) is 12.5. The van der Waals surface area contributed by atoms with Gasteiger partial charge in [-0.2, -0.15) is 0 Å². The summed E-state index contributed by atoms with van der Waals surface area (Å²) in [5.41, 5.74) is 0.411. The standard InChI is InChI=1S/C14H28O2Si/c1-9-13(15)16-17(12(4)5,10-11(2)3)14(6,7)8/h9,11-12H,1,10H2,2-8H3. The summed E-state index contributed by atoms with van der Waals surface area (Å²) in [5, 5.41) is 0.0457. The highest BCUT2D eigenvalue weighted by Gasteiger charge is 2.51. The predicted molar refractivity (Wildman–Crippen MR) is 76.5 cm³/mol. The molecular weight excluding hydrogens is 228 g/mol. The maximum absolute atomic E-state index is 11.7. The third-order valence-electron chi connectivity index (χ3n) is 3.36. The second-order valence-electron chi connectivity index (χ2n) is 6.52. The quantitative estimate of drug-likeness (QED) is 0.534. The van der Waals surface area contributed by atoms with Gasteiger partial charge < -0.3 is 4.43 Å². The minimum Gasteiger partial charge on any atom is -0.515 e. The summed E-state index contributed by atoms with van der Waals surface area (Å²) in [6.45, 7) is 18.8. The van der Waals surface area contributed by atoms with Crippen LogP contribution in [-0.4, -0.2) is 14.3 Å². The van der Waals surface area contributed by atoms with Gasteiger partial charge in [0, 0.05) is 6.08 Å². The molecule has 1 atom stereocenters. The van der Waals surface area contributed by atoms with Crippen molar-refractivity contribution in [2.45, 2.75) is 65.1 Å².